The molecule has 1 saturated heterocycles. The Hall–Kier alpha value is -2.62. The molecule has 3 rings (SSSR count). The molecule has 1 aliphatic heterocycles. The van der Waals surface area contributed by atoms with Crippen LogP contribution in [0, 0.1) is 0 Å². The average molecular weight is 448 g/mol. The van der Waals surface area contributed by atoms with E-state index in [-0.39, 0.29) is 16.8 Å². The minimum atomic E-state index is -3.64. The molecule has 1 aliphatic rings. The van der Waals surface area contributed by atoms with Gasteiger partial charge in [-0.25, -0.2) is 8.42 Å². The maximum Gasteiger partial charge on any atom is 0.251 e. The molecule has 1 heterocycles. The molecule has 0 radical (unpaired) electrons. The summed E-state index contributed by atoms with van der Waals surface area (Å²) >= 11 is 0. The molecule has 8 nitrogen and oxygen atoms in total. The number of nitrogens with zero attached hydrogens (tertiary/aromatic N) is 2. The largest absolute Gasteiger partial charge is 0.493 e. The third-order valence-electron chi connectivity index (χ3n) is 5.45. The Bertz CT molecular complexity index is 1030. The van der Waals surface area contributed by atoms with E-state index in [0.29, 0.717) is 43.2 Å². The van der Waals surface area contributed by atoms with Crippen molar-refractivity contribution >= 4 is 15.9 Å². The molecule has 1 N–H and O–H groups in total. The molecule has 1 fully saturated rings. The Morgan fingerprint density at radius 1 is 1.00 bits per heavy atom. The van der Waals surface area contributed by atoms with Crippen molar-refractivity contribution in [2.45, 2.75) is 17.9 Å². The van der Waals surface area contributed by atoms with E-state index in [0.717, 1.165) is 5.56 Å². The van der Waals surface area contributed by atoms with Gasteiger partial charge in [-0.05, 0) is 49.9 Å². The maximum atomic E-state index is 13.0. The molecule has 2 aromatic carbocycles. The van der Waals surface area contributed by atoms with E-state index >= 15 is 0 Å². The fourth-order valence-corrected chi connectivity index (χ4v) is 4.93. The Kier molecular flexibility index (Phi) is 7.19. The second kappa shape index (κ2) is 9.67. The fourth-order valence-electron chi connectivity index (χ4n) is 3.46. The van der Waals surface area contributed by atoms with Crippen molar-refractivity contribution in [2.75, 3.05) is 47.4 Å². The molecule has 0 aromatic heterocycles. The monoisotopic (exact) mass is 447 g/mol. The highest BCUT2D eigenvalue weighted by molar-refractivity contribution is 7.89. The molecule has 31 heavy (non-hydrogen) atoms. The van der Waals surface area contributed by atoms with Crippen LogP contribution in [0.3, 0.4) is 0 Å². The number of amides is 1. The molecule has 1 amide bonds. The molecule has 0 unspecified atom stereocenters. The number of hydrogen-bond donors (Lipinski definition) is 1. The quantitative estimate of drug-likeness (QED) is 0.700. The summed E-state index contributed by atoms with van der Waals surface area (Å²) in [7, 11) is 1.44. The Balaban J connectivity index is 1.76. The molecule has 0 spiro atoms. The molecule has 0 saturated carbocycles. The minimum Gasteiger partial charge on any atom is -0.493 e. The van der Waals surface area contributed by atoms with Gasteiger partial charge in [0.05, 0.1) is 25.2 Å². The van der Waals surface area contributed by atoms with Crippen molar-refractivity contribution in [3.63, 3.8) is 0 Å². The first kappa shape index (κ1) is 23.1. The zero-order valence-corrected chi connectivity index (χ0v) is 19.1. The summed E-state index contributed by atoms with van der Waals surface area (Å²) in [5.74, 6) is 0.825. The van der Waals surface area contributed by atoms with Gasteiger partial charge in [-0.15, -0.1) is 0 Å². The number of rotatable bonds is 7. The number of carbonyl (C=O) groups excluding carboxylic acids is 1. The van der Waals surface area contributed by atoms with Gasteiger partial charge in [0.2, 0.25) is 10.0 Å². The van der Waals surface area contributed by atoms with Gasteiger partial charge in [-0.2, -0.15) is 4.31 Å². The number of ether oxygens (including phenoxy) is 2. The average Bonchev–Trinajstić information content (AvgIpc) is 2.78. The number of likely N-dealkylation sites (N-methyl/N-ethyl adjacent to an activating group) is 1. The SMILES string of the molecule is COc1ccc([C@H](C)NC(=O)c2cccc(S(=O)(=O)N3CCN(C)CC3)c2)cc1OC. The molecule has 9 heteroatoms. The summed E-state index contributed by atoms with van der Waals surface area (Å²) in [6.07, 6.45) is 0. The second-order valence-corrected chi connectivity index (χ2v) is 9.48. The van der Waals surface area contributed by atoms with Gasteiger partial charge in [0, 0.05) is 31.7 Å². The van der Waals surface area contributed by atoms with Gasteiger partial charge in [0.1, 0.15) is 0 Å². The van der Waals surface area contributed by atoms with Crippen molar-refractivity contribution in [3.8, 4) is 11.5 Å². The Labute approximate surface area is 183 Å². The number of hydrogen-bond acceptors (Lipinski definition) is 6. The fraction of sp³-hybridized carbons (Fsp3) is 0.409. The minimum absolute atomic E-state index is 0.128. The van der Waals surface area contributed by atoms with Gasteiger partial charge in [0.15, 0.2) is 11.5 Å². The molecule has 0 bridgehead atoms. The summed E-state index contributed by atoms with van der Waals surface area (Å²) in [5.41, 5.74) is 1.13. The van der Waals surface area contributed by atoms with Crippen LogP contribution in [0.1, 0.15) is 28.9 Å². The highest BCUT2D eigenvalue weighted by Crippen LogP contribution is 2.30. The molecule has 0 aliphatic carbocycles. The highest BCUT2D eigenvalue weighted by atomic mass is 32.2. The van der Waals surface area contributed by atoms with Crippen LogP contribution in [0.25, 0.3) is 0 Å². The normalized spacial score (nSPS) is 16.5. The lowest BCUT2D eigenvalue weighted by Gasteiger charge is -2.31. The van der Waals surface area contributed by atoms with Gasteiger partial charge >= 0.3 is 0 Å². The molecule has 1 atom stereocenters. The van der Waals surface area contributed by atoms with E-state index in [2.05, 4.69) is 10.2 Å². The molecular weight excluding hydrogens is 418 g/mol. The molecule has 168 valence electrons. The van der Waals surface area contributed by atoms with Crippen molar-refractivity contribution < 1.29 is 22.7 Å². The van der Waals surface area contributed by atoms with E-state index in [9.17, 15) is 13.2 Å². The van der Waals surface area contributed by atoms with Gasteiger partial charge < -0.3 is 19.7 Å². The van der Waals surface area contributed by atoms with Crippen molar-refractivity contribution in [2.24, 2.45) is 0 Å². The molecular formula is C22H29N3O5S. The van der Waals surface area contributed by atoms with Gasteiger partial charge in [0.25, 0.3) is 5.91 Å². The lowest BCUT2D eigenvalue weighted by molar-refractivity contribution is 0.0939. The number of methoxy groups -OCH3 is 2. The van der Waals surface area contributed by atoms with E-state index in [1.54, 1.807) is 38.5 Å². The van der Waals surface area contributed by atoms with Crippen molar-refractivity contribution in [1.82, 2.24) is 14.5 Å². The topological polar surface area (TPSA) is 88.2 Å². The Morgan fingerprint density at radius 3 is 2.32 bits per heavy atom. The predicted octanol–water partition coefficient (Wildman–Crippen LogP) is 2.13. The zero-order chi connectivity index (χ0) is 22.6. The van der Waals surface area contributed by atoms with Crippen LogP contribution >= 0.6 is 0 Å². The smallest absolute Gasteiger partial charge is 0.251 e. The van der Waals surface area contributed by atoms with Gasteiger partial charge in [-0.3, -0.25) is 4.79 Å². The van der Waals surface area contributed by atoms with Crippen LogP contribution in [0.5, 0.6) is 11.5 Å². The third kappa shape index (κ3) is 5.17. The number of carbonyl (C=O) groups is 1. The van der Waals surface area contributed by atoms with Crippen LogP contribution in [0.15, 0.2) is 47.4 Å². The number of sulfonamides is 1. The summed E-state index contributed by atoms with van der Waals surface area (Å²) in [6, 6.07) is 11.3. The summed E-state index contributed by atoms with van der Waals surface area (Å²) in [4.78, 5) is 15.0. The van der Waals surface area contributed by atoms with Crippen molar-refractivity contribution in [1.29, 1.82) is 0 Å². The highest BCUT2D eigenvalue weighted by Gasteiger charge is 2.28. The first-order valence-electron chi connectivity index (χ1n) is 10.1. The summed E-state index contributed by atoms with van der Waals surface area (Å²) in [5, 5.41) is 2.91. The second-order valence-electron chi connectivity index (χ2n) is 7.54. The zero-order valence-electron chi connectivity index (χ0n) is 18.3. The standard InChI is InChI=1S/C22H29N3O5S/c1-16(17-8-9-20(29-3)21(15-17)30-4)23-22(26)18-6-5-7-19(14-18)31(27,28)25-12-10-24(2)11-13-25/h5-9,14-16H,10-13H2,1-4H3,(H,23,26)/t16-/m0/s1. The lowest BCUT2D eigenvalue weighted by Crippen LogP contribution is -2.47. The van der Waals surface area contributed by atoms with E-state index in [1.165, 1.54) is 16.4 Å². The third-order valence-corrected chi connectivity index (χ3v) is 7.35. The number of benzene rings is 2. The molecule has 2 aromatic rings. The number of piperazine rings is 1. The van der Waals surface area contributed by atoms with Gasteiger partial charge in [-0.1, -0.05) is 12.1 Å². The first-order valence-corrected chi connectivity index (χ1v) is 11.5. The predicted molar refractivity (Wildman–Crippen MR) is 118 cm³/mol. The Morgan fingerprint density at radius 2 is 1.68 bits per heavy atom. The van der Waals surface area contributed by atoms with Crippen molar-refractivity contribution in [3.05, 3.63) is 53.6 Å². The van der Waals surface area contributed by atoms with E-state index in [1.807, 2.05) is 20.0 Å². The maximum absolute atomic E-state index is 13.0. The number of nitrogens with one attached hydrogen (secondary N) is 1. The van der Waals surface area contributed by atoms with E-state index < -0.39 is 10.0 Å². The van der Waals surface area contributed by atoms with Crippen LogP contribution in [0.2, 0.25) is 0 Å². The summed E-state index contributed by atoms with van der Waals surface area (Å²) in [6.45, 7) is 4.09. The summed E-state index contributed by atoms with van der Waals surface area (Å²) < 4.78 is 38.0. The van der Waals surface area contributed by atoms with Crippen LogP contribution < -0.4 is 14.8 Å². The lowest BCUT2D eigenvalue weighted by atomic mass is 10.1. The van der Waals surface area contributed by atoms with Crippen LogP contribution in [-0.2, 0) is 10.0 Å². The first-order chi connectivity index (χ1) is 14.8. The van der Waals surface area contributed by atoms with E-state index in [4.69, 9.17) is 9.47 Å². The van der Waals surface area contributed by atoms with Crippen LogP contribution in [-0.4, -0.2) is 71.0 Å². The van der Waals surface area contributed by atoms with Crippen LogP contribution in [0.4, 0.5) is 0 Å².